The highest BCUT2D eigenvalue weighted by molar-refractivity contribution is 6.05. The number of ether oxygens (including phenoxy) is 1. The third-order valence-electron chi connectivity index (χ3n) is 3.95. The van der Waals surface area contributed by atoms with Crippen molar-refractivity contribution in [2.24, 2.45) is 0 Å². The number of Topliss-reactive ketones (excluding diaryl/α,β-unsaturated/α-hetero) is 2. The van der Waals surface area contributed by atoms with Crippen LogP contribution in [0.1, 0.15) is 51.5 Å². The van der Waals surface area contributed by atoms with Crippen molar-refractivity contribution in [2.75, 3.05) is 0 Å². The average molecular weight is 345 g/mol. The molecule has 1 aromatic heterocycles. The lowest BCUT2D eigenvalue weighted by atomic mass is 10.0. The molecule has 1 N–H and O–H groups in total. The van der Waals surface area contributed by atoms with Gasteiger partial charge in [0.15, 0.2) is 11.9 Å². The van der Waals surface area contributed by atoms with E-state index >= 15 is 0 Å². The van der Waals surface area contributed by atoms with E-state index in [4.69, 9.17) is 4.74 Å². The predicted octanol–water partition coefficient (Wildman–Crippen LogP) is 3.33. The van der Waals surface area contributed by atoms with Gasteiger partial charge in [-0.1, -0.05) is 12.1 Å². The van der Waals surface area contributed by atoms with E-state index < -0.39 is 23.7 Å². The quantitative estimate of drug-likeness (QED) is 0.643. The van der Waals surface area contributed by atoms with Crippen LogP contribution in [0, 0.1) is 19.7 Å². The zero-order valence-electron chi connectivity index (χ0n) is 14.6. The van der Waals surface area contributed by atoms with Crippen molar-refractivity contribution in [3.63, 3.8) is 0 Å². The Morgan fingerprint density at radius 1 is 1.24 bits per heavy atom. The molecule has 1 atom stereocenters. The Bertz CT molecular complexity index is 838. The van der Waals surface area contributed by atoms with Crippen LogP contribution in [0.2, 0.25) is 0 Å². The summed E-state index contributed by atoms with van der Waals surface area (Å²) in [6.45, 7) is 6.28. The molecule has 0 aliphatic heterocycles. The fourth-order valence-corrected chi connectivity index (χ4v) is 2.83. The summed E-state index contributed by atoms with van der Waals surface area (Å²) in [6, 6.07) is 5.63. The van der Waals surface area contributed by atoms with E-state index in [1.807, 2.05) is 0 Å². The molecule has 0 amide bonds. The van der Waals surface area contributed by atoms with E-state index in [-0.39, 0.29) is 17.9 Å². The Labute approximate surface area is 145 Å². The van der Waals surface area contributed by atoms with Crippen LogP contribution >= 0.6 is 0 Å². The number of carbonyl (C=O) groups excluding carboxylic acids is 3. The molecule has 0 aliphatic carbocycles. The topological polar surface area (TPSA) is 76.2 Å². The molecule has 0 saturated heterocycles. The van der Waals surface area contributed by atoms with Crippen LogP contribution in [-0.4, -0.2) is 28.6 Å². The van der Waals surface area contributed by atoms with E-state index in [1.54, 1.807) is 19.9 Å². The second-order valence-electron chi connectivity index (χ2n) is 5.98. The van der Waals surface area contributed by atoms with E-state index in [2.05, 4.69) is 4.98 Å². The molecule has 0 unspecified atom stereocenters. The zero-order chi connectivity index (χ0) is 18.7. The number of rotatable bonds is 6. The molecule has 0 radical (unpaired) electrons. The standard InChI is InChI=1S/C19H20FNO4/c1-10-17(12(3)22)11(2)21-18(10)19(24)13(4)25-16(23)9-14-6-5-7-15(20)8-14/h5-8,13,21H,9H2,1-4H3/t13-/m1/s1. The van der Waals surface area contributed by atoms with Crippen molar-refractivity contribution in [2.45, 2.75) is 40.2 Å². The number of aryl methyl sites for hydroxylation is 1. The lowest BCUT2D eigenvalue weighted by Crippen LogP contribution is -2.26. The molecule has 1 heterocycles. The maximum atomic E-state index is 13.1. The van der Waals surface area contributed by atoms with Gasteiger partial charge >= 0.3 is 5.97 Å². The highest BCUT2D eigenvalue weighted by Crippen LogP contribution is 2.20. The van der Waals surface area contributed by atoms with Crippen molar-refractivity contribution in [1.82, 2.24) is 4.98 Å². The highest BCUT2D eigenvalue weighted by atomic mass is 19.1. The fraction of sp³-hybridized carbons (Fsp3) is 0.316. The number of halogens is 1. The van der Waals surface area contributed by atoms with Crippen LogP contribution in [0.5, 0.6) is 0 Å². The van der Waals surface area contributed by atoms with Crippen LogP contribution in [0.4, 0.5) is 4.39 Å². The molecular formula is C19H20FNO4. The van der Waals surface area contributed by atoms with Gasteiger partial charge in [-0.25, -0.2) is 4.39 Å². The Morgan fingerprint density at radius 2 is 1.92 bits per heavy atom. The van der Waals surface area contributed by atoms with Gasteiger partial charge in [-0.2, -0.15) is 0 Å². The molecule has 1 aromatic carbocycles. The molecule has 6 heteroatoms. The van der Waals surface area contributed by atoms with Gasteiger partial charge in [0.2, 0.25) is 5.78 Å². The van der Waals surface area contributed by atoms with E-state index in [0.29, 0.717) is 22.4 Å². The molecule has 5 nitrogen and oxygen atoms in total. The number of aromatic nitrogens is 1. The molecular weight excluding hydrogens is 325 g/mol. The van der Waals surface area contributed by atoms with Crippen LogP contribution in [0.3, 0.4) is 0 Å². The van der Waals surface area contributed by atoms with Crippen molar-refractivity contribution < 1.29 is 23.5 Å². The minimum atomic E-state index is -1.02. The molecule has 0 aliphatic rings. The molecule has 132 valence electrons. The highest BCUT2D eigenvalue weighted by Gasteiger charge is 2.26. The first-order valence-corrected chi connectivity index (χ1v) is 7.89. The predicted molar refractivity (Wildman–Crippen MR) is 90.3 cm³/mol. The molecule has 2 rings (SSSR count). The molecule has 0 saturated carbocycles. The number of H-pyrrole nitrogens is 1. The van der Waals surface area contributed by atoms with Gasteiger partial charge in [-0.3, -0.25) is 14.4 Å². The number of nitrogens with one attached hydrogen (secondary N) is 1. The third kappa shape index (κ3) is 4.21. The van der Waals surface area contributed by atoms with Gasteiger partial charge in [0, 0.05) is 11.3 Å². The summed E-state index contributed by atoms with van der Waals surface area (Å²) >= 11 is 0. The number of aromatic amines is 1. The number of hydrogen-bond donors (Lipinski definition) is 1. The van der Waals surface area contributed by atoms with Crippen molar-refractivity contribution >= 4 is 17.5 Å². The number of ketones is 2. The number of hydrogen-bond acceptors (Lipinski definition) is 4. The Balaban J connectivity index is 2.09. The minimum Gasteiger partial charge on any atom is -0.454 e. The maximum absolute atomic E-state index is 13.1. The first-order valence-electron chi connectivity index (χ1n) is 7.89. The first-order chi connectivity index (χ1) is 11.7. The molecule has 25 heavy (non-hydrogen) atoms. The van der Waals surface area contributed by atoms with Gasteiger partial charge in [0.05, 0.1) is 12.1 Å². The smallest absolute Gasteiger partial charge is 0.310 e. The van der Waals surface area contributed by atoms with Crippen molar-refractivity contribution in [3.8, 4) is 0 Å². The van der Waals surface area contributed by atoms with Crippen LogP contribution in [0.15, 0.2) is 24.3 Å². The summed E-state index contributed by atoms with van der Waals surface area (Å²) in [7, 11) is 0. The normalized spacial score (nSPS) is 11.9. The number of benzene rings is 1. The molecule has 0 fully saturated rings. The summed E-state index contributed by atoms with van der Waals surface area (Å²) in [5.74, 6) is -1.62. The summed E-state index contributed by atoms with van der Waals surface area (Å²) in [6.07, 6.45) is -1.14. The summed E-state index contributed by atoms with van der Waals surface area (Å²) in [5, 5.41) is 0. The fourth-order valence-electron chi connectivity index (χ4n) is 2.83. The van der Waals surface area contributed by atoms with Crippen molar-refractivity contribution in [1.29, 1.82) is 0 Å². The SMILES string of the molecule is CC(=O)c1c(C)[nH]c(C(=O)[C@@H](C)OC(=O)Cc2cccc(F)c2)c1C. The average Bonchev–Trinajstić information content (AvgIpc) is 2.81. The summed E-state index contributed by atoms with van der Waals surface area (Å²) < 4.78 is 18.3. The van der Waals surface area contributed by atoms with Crippen LogP contribution < -0.4 is 0 Å². The monoisotopic (exact) mass is 345 g/mol. The third-order valence-corrected chi connectivity index (χ3v) is 3.95. The maximum Gasteiger partial charge on any atom is 0.310 e. The zero-order valence-corrected chi connectivity index (χ0v) is 14.6. The minimum absolute atomic E-state index is 0.128. The van der Waals surface area contributed by atoms with E-state index in [1.165, 1.54) is 32.0 Å². The van der Waals surface area contributed by atoms with Gasteiger partial charge < -0.3 is 9.72 Å². The van der Waals surface area contributed by atoms with Crippen LogP contribution in [-0.2, 0) is 16.0 Å². The molecule has 0 spiro atoms. The molecule has 2 aromatic rings. The number of esters is 1. The first kappa shape index (κ1) is 18.6. The Hall–Kier alpha value is -2.76. The largest absolute Gasteiger partial charge is 0.454 e. The summed E-state index contributed by atoms with van der Waals surface area (Å²) in [5.41, 5.74) is 2.35. The van der Waals surface area contributed by atoms with Gasteiger partial charge in [-0.05, 0) is 51.0 Å². The lowest BCUT2D eigenvalue weighted by molar-refractivity contribution is -0.145. The summed E-state index contributed by atoms with van der Waals surface area (Å²) in [4.78, 5) is 39.0. The van der Waals surface area contributed by atoms with Crippen LogP contribution in [0.25, 0.3) is 0 Å². The van der Waals surface area contributed by atoms with E-state index in [9.17, 15) is 18.8 Å². The van der Waals surface area contributed by atoms with Gasteiger partial charge in [0.1, 0.15) is 5.82 Å². The van der Waals surface area contributed by atoms with Gasteiger partial charge in [-0.15, -0.1) is 0 Å². The Kier molecular flexibility index (Phi) is 5.51. The van der Waals surface area contributed by atoms with E-state index in [0.717, 1.165) is 0 Å². The van der Waals surface area contributed by atoms with Crippen molar-refractivity contribution in [3.05, 3.63) is 58.2 Å². The number of carbonyl (C=O) groups is 3. The molecule has 0 bridgehead atoms. The second-order valence-corrected chi connectivity index (χ2v) is 5.98. The second kappa shape index (κ2) is 7.42. The Morgan fingerprint density at radius 3 is 2.48 bits per heavy atom. The van der Waals surface area contributed by atoms with Gasteiger partial charge in [0.25, 0.3) is 0 Å². The lowest BCUT2D eigenvalue weighted by Gasteiger charge is -2.12.